The third-order valence-electron chi connectivity index (χ3n) is 7.72. The van der Waals surface area contributed by atoms with Gasteiger partial charge in [0.25, 0.3) is 5.91 Å². The van der Waals surface area contributed by atoms with Crippen molar-refractivity contribution in [2.75, 3.05) is 17.3 Å². The number of allylic oxidation sites excluding steroid dienone is 1. The predicted molar refractivity (Wildman–Crippen MR) is 154 cm³/mol. The van der Waals surface area contributed by atoms with E-state index in [0.29, 0.717) is 45.8 Å². The number of halogens is 1. The number of hydrogen-bond acceptors (Lipinski definition) is 5. The molecule has 4 aromatic carbocycles. The first-order chi connectivity index (χ1) is 19.9. The number of hydrogen-bond donors (Lipinski definition) is 1. The second-order valence-electron chi connectivity index (χ2n) is 10.2. The summed E-state index contributed by atoms with van der Waals surface area (Å²) < 4.78 is 18.5. The topological polar surface area (TPSA) is 75.7 Å². The number of carbonyl (C=O) groups excluding carboxylic acids is 3. The first-order valence-corrected chi connectivity index (χ1v) is 13.4. The van der Waals surface area contributed by atoms with Gasteiger partial charge in [-0.05, 0) is 72.0 Å². The van der Waals surface area contributed by atoms with E-state index in [2.05, 4.69) is 5.32 Å². The van der Waals surface area contributed by atoms with Crippen molar-refractivity contribution >= 4 is 29.0 Å². The van der Waals surface area contributed by atoms with Crippen molar-refractivity contribution in [1.29, 1.82) is 0 Å². The highest BCUT2D eigenvalue weighted by atomic mass is 19.1. The normalized spacial score (nSPS) is 18.1. The monoisotopic (exact) mass is 546 g/mol. The van der Waals surface area contributed by atoms with Gasteiger partial charge in [-0.25, -0.2) is 9.18 Å². The standard InChI is InChI=1S/C34H27FN2O4/c1-41-34(40)24-13-11-22(12-14-24)32-31-28(19-25(20-30(31)38)21-15-17-26(35)18-16-21)36-27-9-5-6-10-29(27)37(32)33(39)23-7-3-2-4-8-23/h2-18,25,32,36H,19-20H2,1H3. The Morgan fingerprint density at radius 2 is 1.46 bits per heavy atom. The van der Waals surface area contributed by atoms with Crippen molar-refractivity contribution in [3.63, 3.8) is 0 Å². The molecule has 2 aliphatic rings. The fraction of sp³-hybridized carbons (Fsp3) is 0.147. The third kappa shape index (κ3) is 4.91. The van der Waals surface area contributed by atoms with Gasteiger partial charge in [0.15, 0.2) is 5.78 Å². The van der Waals surface area contributed by atoms with Crippen molar-refractivity contribution in [2.24, 2.45) is 0 Å². The SMILES string of the molecule is COC(=O)c1ccc(C2C3=C(CC(c4ccc(F)cc4)CC3=O)Nc3ccccc3N2C(=O)c2ccccc2)cc1. The molecule has 6 rings (SSSR count). The van der Waals surface area contributed by atoms with Crippen molar-refractivity contribution in [3.05, 3.63) is 142 Å². The van der Waals surface area contributed by atoms with E-state index in [1.807, 2.05) is 30.3 Å². The smallest absolute Gasteiger partial charge is 0.337 e. The number of anilines is 2. The fourth-order valence-electron chi connectivity index (χ4n) is 5.74. The molecule has 2 atom stereocenters. The molecule has 0 fully saturated rings. The average Bonchev–Trinajstić information content (AvgIpc) is 3.16. The van der Waals surface area contributed by atoms with Gasteiger partial charge in [-0.1, -0.05) is 54.6 Å². The second-order valence-corrected chi connectivity index (χ2v) is 10.2. The van der Waals surface area contributed by atoms with Crippen LogP contribution in [0.25, 0.3) is 0 Å². The Morgan fingerprint density at radius 3 is 2.17 bits per heavy atom. The Balaban J connectivity index is 1.54. The zero-order chi connectivity index (χ0) is 28.5. The van der Waals surface area contributed by atoms with E-state index in [4.69, 9.17) is 4.74 Å². The van der Waals surface area contributed by atoms with Gasteiger partial charge in [0.1, 0.15) is 5.82 Å². The molecule has 0 radical (unpaired) electrons. The molecule has 0 aromatic heterocycles. The highest BCUT2D eigenvalue weighted by molar-refractivity contribution is 6.12. The summed E-state index contributed by atoms with van der Waals surface area (Å²) in [4.78, 5) is 42.2. The summed E-state index contributed by atoms with van der Waals surface area (Å²) in [5.41, 5.74) is 4.95. The number of methoxy groups -OCH3 is 1. The first kappa shape index (κ1) is 26.2. The van der Waals surface area contributed by atoms with Gasteiger partial charge < -0.3 is 10.1 Å². The molecule has 41 heavy (non-hydrogen) atoms. The summed E-state index contributed by atoms with van der Waals surface area (Å²) >= 11 is 0. The van der Waals surface area contributed by atoms with Gasteiger partial charge in [-0.15, -0.1) is 0 Å². The maximum absolute atomic E-state index is 14.3. The average molecular weight is 547 g/mol. The Kier molecular flexibility index (Phi) is 6.93. The van der Waals surface area contributed by atoms with Crippen molar-refractivity contribution in [3.8, 4) is 0 Å². The molecular formula is C34H27FN2O4. The minimum absolute atomic E-state index is 0.103. The first-order valence-electron chi connectivity index (χ1n) is 13.4. The van der Waals surface area contributed by atoms with Crippen LogP contribution in [0.4, 0.5) is 15.8 Å². The summed E-state index contributed by atoms with van der Waals surface area (Å²) in [5, 5.41) is 3.49. The lowest BCUT2D eigenvalue weighted by atomic mass is 9.78. The van der Waals surface area contributed by atoms with Crippen LogP contribution in [0.2, 0.25) is 0 Å². The van der Waals surface area contributed by atoms with Crippen LogP contribution in [0.15, 0.2) is 114 Å². The molecule has 1 N–H and O–H groups in total. The summed E-state index contributed by atoms with van der Waals surface area (Å²) in [5.74, 6) is -1.32. The molecule has 1 aliphatic heterocycles. The number of rotatable bonds is 4. The van der Waals surface area contributed by atoms with E-state index >= 15 is 0 Å². The number of nitrogens with zero attached hydrogens (tertiary/aromatic N) is 1. The van der Waals surface area contributed by atoms with Gasteiger partial charge in [0.2, 0.25) is 0 Å². The number of para-hydroxylation sites is 2. The molecule has 2 unspecified atom stereocenters. The summed E-state index contributed by atoms with van der Waals surface area (Å²) in [6, 6.07) is 28.8. The Hall–Kier alpha value is -5.04. The molecule has 1 heterocycles. The maximum Gasteiger partial charge on any atom is 0.337 e. The van der Waals surface area contributed by atoms with Crippen LogP contribution in [0, 0.1) is 5.82 Å². The van der Waals surface area contributed by atoms with Gasteiger partial charge in [-0.2, -0.15) is 0 Å². The molecule has 6 nitrogen and oxygen atoms in total. The molecule has 1 aliphatic carbocycles. The van der Waals surface area contributed by atoms with Crippen molar-refractivity contribution in [2.45, 2.75) is 24.8 Å². The van der Waals surface area contributed by atoms with E-state index in [9.17, 15) is 18.8 Å². The number of amides is 1. The second kappa shape index (κ2) is 10.8. The lowest BCUT2D eigenvalue weighted by Crippen LogP contribution is -2.38. The predicted octanol–water partition coefficient (Wildman–Crippen LogP) is 6.83. The van der Waals surface area contributed by atoms with Gasteiger partial charge in [-0.3, -0.25) is 14.5 Å². The van der Waals surface area contributed by atoms with Crippen molar-refractivity contribution < 1.29 is 23.5 Å². The number of nitrogens with one attached hydrogen (secondary N) is 1. The maximum atomic E-state index is 14.3. The van der Waals surface area contributed by atoms with Gasteiger partial charge in [0, 0.05) is 23.3 Å². The number of ether oxygens (including phenoxy) is 1. The molecule has 204 valence electrons. The van der Waals surface area contributed by atoms with Crippen LogP contribution in [0.3, 0.4) is 0 Å². The zero-order valence-corrected chi connectivity index (χ0v) is 22.3. The van der Waals surface area contributed by atoms with E-state index < -0.39 is 12.0 Å². The molecule has 0 saturated heterocycles. The third-order valence-corrected chi connectivity index (χ3v) is 7.72. The van der Waals surface area contributed by atoms with E-state index in [1.54, 1.807) is 65.6 Å². The molecule has 0 spiro atoms. The van der Waals surface area contributed by atoms with E-state index in [0.717, 1.165) is 5.56 Å². The number of fused-ring (bicyclic) bond motifs is 1. The number of carbonyl (C=O) groups is 3. The van der Waals surface area contributed by atoms with Crippen LogP contribution >= 0.6 is 0 Å². The van der Waals surface area contributed by atoms with E-state index in [1.165, 1.54) is 19.2 Å². The van der Waals surface area contributed by atoms with Crippen LogP contribution in [-0.2, 0) is 9.53 Å². The number of ketones is 1. The summed E-state index contributed by atoms with van der Waals surface area (Å²) in [7, 11) is 1.32. The Bertz CT molecular complexity index is 1660. The lowest BCUT2D eigenvalue weighted by molar-refractivity contribution is -0.116. The molecule has 0 saturated carbocycles. The van der Waals surface area contributed by atoms with Gasteiger partial charge in [0.05, 0.1) is 30.1 Å². The zero-order valence-electron chi connectivity index (χ0n) is 22.3. The minimum Gasteiger partial charge on any atom is -0.465 e. The minimum atomic E-state index is -0.762. The van der Waals surface area contributed by atoms with Crippen LogP contribution in [0.5, 0.6) is 0 Å². The Labute approximate surface area is 237 Å². The fourth-order valence-corrected chi connectivity index (χ4v) is 5.74. The molecule has 4 aromatic rings. The number of esters is 1. The largest absolute Gasteiger partial charge is 0.465 e. The van der Waals surface area contributed by atoms with Gasteiger partial charge >= 0.3 is 5.97 Å². The van der Waals surface area contributed by atoms with Crippen LogP contribution < -0.4 is 10.2 Å². The molecule has 1 amide bonds. The summed E-state index contributed by atoms with van der Waals surface area (Å²) in [6.45, 7) is 0. The highest BCUT2D eigenvalue weighted by Gasteiger charge is 2.42. The molecule has 7 heteroatoms. The Morgan fingerprint density at radius 1 is 0.805 bits per heavy atom. The summed E-state index contributed by atoms with van der Waals surface area (Å²) in [6.07, 6.45) is 0.720. The number of Topliss-reactive ketones (excluding diaryl/α,β-unsaturated/α-hetero) is 1. The van der Waals surface area contributed by atoms with Crippen LogP contribution in [0.1, 0.15) is 56.6 Å². The van der Waals surface area contributed by atoms with E-state index in [-0.39, 0.29) is 29.8 Å². The molecular weight excluding hydrogens is 519 g/mol. The number of benzene rings is 4. The molecule has 0 bridgehead atoms. The van der Waals surface area contributed by atoms with Crippen molar-refractivity contribution in [1.82, 2.24) is 0 Å². The lowest BCUT2D eigenvalue weighted by Gasteiger charge is -2.35. The van der Waals surface area contributed by atoms with Crippen LogP contribution in [-0.4, -0.2) is 24.8 Å². The quantitative estimate of drug-likeness (QED) is 0.284. The highest BCUT2D eigenvalue weighted by Crippen LogP contribution is 2.47.